The molecule has 8 heteroatoms. The zero-order valence-electron chi connectivity index (χ0n) is 11.6. The van der Waals surface area contributed by atoms with Crippen LogP contribution >= 0.6 is 0 Å². The maximum atomic E-state index is 12.2. The standard InChI is InChI=1S/C12H18N2O5S/c1-4-10(7-15)13-20(18,19)12-6-9(3)8(2)5-11(12)14(16)17/h5-6,10,13,15H,4,7H2,1-3H3. The van der Waals surface area contributed by atoms with E-state index in [1.807, 2.05) is 0 Å². The number of rotatable bonds is 6. The minimum atomic E-state index is -4.05. The molecule has 0 bridgehead atoms. The molecule has 1 aromatic carbocycles. The molecule has 2 N–H and O–H groups in total. The number of nitro benzene ring substituents is 1. The first kappa shape index (κ1) is 16.5. The van der Waals surface area contributed by atoms with Crippen LogP contribution in [0.3, 0.4) is 0 Å². The summed E-state index contributed by atoms with van der Waals surface area (Å²) in [6.45, 7) is 4.70. The third-order valence-electron chi connectivity index (χ3n) is 3.10. The lowest BCUT2D eigenvalue weighted by molar-refractivity contribution is -0.387. The van der Waals surface area contributed by atoms with Gasteiger partial charge in [0.15, 0.2) is 4.90 Å². The van der Waals surface area contributed by atoms with Crippen molar-refractivity contribution in [3.8, 4) is 0 Å². The molecule has 0 saturated carbocycles. The molecule has 0 saturated heterocycles. The van der Waals surface area contributed by atoms with Crippen LogP contribution in [0.2, 0.25) is 0 Å². The number of nitro groups is 1. The van der Waals surface area contributed by atoms with Crippen LogP contribution in [0.5, 0.6) is 0 Å². The van der Waals surface area contributed by atoms with Gasteiger partial charge in [-0.2, -0.15) is 0 Å². The fraction of sp³-hybridized carbons (Fsp3) is 0.500. The third kappa shape index (κ3) is 3.53. The van der Waals surface area contributed by atoms with Crippen molar-refractivity contribution in [2.45, 2.75) is 38.1 Å². The molecule has 112 valence electrons. The molecule has 0 fully saturated rings. The fourth-order valence-corrected chi connectivity index (χ4v) is 3.21. The smallest absolute Gasteiger partial charge is 0.289 e. The number of hydrogen-bond acceptors (Lipinski definition) is 5. The van der Waals surface area contributed by atoms with Crippen molar-refractivity contribution in [2.75, 3.05) is 6.61 Å². The van der Waals surface area contributed by atoms with Gasteiger partial charge in [-0.15, -0.1) is 0 Å². The van der Waals surface area contributed by atoms with Crippen LogP contribution in [-0.4, -0.2) is 31.1 Å². The fourth-order valence-electron chi connectivity index (χ4n) is 1.66. The van der Waals surface area contributed by atoms with Crippen molar-refractivity contribution in [1.29, 1.82) is 0 Å². The van der Waals surface area contributed by atoms with Crippen molar-refractivity contribution >= 4 is 15.7 Å². The molecule has 7 nitrogen and oxygen atoms in total. The predicted octanol–water partition coefficient (Wildman–Crippen LogP) is 1.26. The molecule has 0 aromatic heterocycles. The number of sulfonamides is 1. The van der Waals surface area contributed by atoms with Crippen molar-refractivity contribution in [3.63, 3.8) is 0 Å². The van der Waals surface area contributed by atoms with E-state index in [0.717, 1.165) is 0 Å². The van der Waals surface area contributed by atoms with Crippen molar-refractivity contribution in [3.05, 3.63) is 33.4 Å². The zero-order valence-corrected chi connectivity index (χ0v) is 12.4. The number of aliphatic hydroxyl groups excluding tert-OH is 1. The number of hydrogen-bond donors (Lipinski definition) is 2. The topological polar surface area (TPSA) is 110 Å². The average Bonchev–Trinajstić information content (AvgIpc) is 2.38. The first-order valence-electron chi connectivity index (χ1n) is 6.11. The molecule has 0 spiro atoms. The summed E-state index contributed by atoms with van der Waals surface area (Å²) in [5.74, 6) is 0. The largest absolute Gasteiger partial charge is 0.395 e. The van der Waals surface area contributed by atoms with Gasteiger partial charge in [0, 0.05) is 12.1 Å². The monoisotopic (exact) mass is 302 g/mol. The Morgan fingerprint density at radius 1 is 1.35 bits per heavy atom. The van der Waals surface area contributed by atoms with E-state index >= 15 is 0 Å². The van der Waals surface area contributed by atoms with Crippen LogP contribution in [0.4, 0.5) is 5.69 Å². The summed E-state index contributed by atoms with van der Waals surface area (Å²) < 4.78 is 26.7. The highest BCUT2D eigenvalue weighted by Crippen LogP contribution is 2.27. The van der Waals surface area contributed by atoms with E-state index in [-0.39, 0.29) is 11.5 Å². The first-order valence-corrected chi connectivity index (χ1v) is 7.60. The van der Waals surface area contributed by atoms with Gasteiger partial charge in [-0.25, -0.2) is 13.1 Å². The quantitative estimate of drug-likeness (QED) is 0.607. The van der Waals surface area contributed by atoms with E-state index in [0.29, 0.717) is 17.5 Å². The van der Waals surface area contributed by atoms with Gasteiger partial charge < -0.3 is 5.11 Å². The lowest BCUT2D eigenvalue weighted by Gasteiger charge is -2.15. The second-order valence-corrected chi connectivity index (χ2v) is 6.25. The molecular formula is C12H18N2O5S. The van der Waals surface area contributed by atoms with Gasteiger partial charge in [0.2, 0.25) is 10.0 Å². The van der Waals surface area contributed by atoms with Crippen LogP contribution in [0.15, 0.2) is 17.0 Å². The maximum absolute atomic E-state index is 12.2. The highest BCUT2D eigenvalue weighted by Gasteiger charge is 2.28. The molecular weight excluding hydrogens is 284 g/mol. The Kier molecular flexibility index (Phi) is 5.21. The van der Waals surface area contributed by atoms with Crippen LogP contribution in [0, 0.1) is 24.0 Å². The van der Waals surface area contributed by atoms with E-state index in [2.05, 4.69) is 4.72 Å². The molecule has 20 heavy (non-hydrogen) atoms. The Labute approximate surface area is 117 Å². The lowest BCUT2D eigenvalue weighted by Crippen LogP contribution is -2.37. The third-order valence-corrected chi connectivity index (χ3v) is 4.65. The highest BCUT2D eigenvalue weighted by molar-refractivity contribution is 7.89. The van der Waals surface area contributed by atoms with E-state index in [1.54, 1.807) is 20.8 Å². The second-order valence-electron chi connectivity index (χ2n) is 4.57. The van der Waals surface area contributed by atoms with E-state index in [4.69, 9.17) is 5.11 Å². The van der Waals surface area contributed by atoms with Crippen LogP contribution in [0.25, 0.3) is 0 Å². The van der Waals surface area contributed by atoms with Crippen molar-refractivity contribution in [1.82, 2.24) is 4.72 Å². The Balaban J connectivity index is 3.37. The van der Waals surface area contributed by atoms with Crippen LogP contribution in [-0.2, 0) is 10.0 Å². The summed E-state index contributed by atoms with van der Waals surface area (Å²) in [5, 5.41) is 20.1. The number of nitrogens with one attached hydrogen (secondary N) is 1. The lowest BCUT2D eigenvalue weighted by atomic mass is 10.1. The predicted molar refractivity (Wildman–Crippen MR) is 74.1 cm³/mol. The van der Waals surface area contributed by atoms with E-state index < -0.39 is 26.7 Å². The normalized spacial score (nSPS) is 13.2. The van der Waals surface area contributed by atoms with Crippen molar-refractivity contribution in [2.24, 2.45) is 0 Å². The molecule has 1 aromatic rings. The summed E-state index contributed by atoms with van der Waals surface area (Å²) in [4.78, 5) is 9.92. The number of aryl methyl sites for hydroxylation is 2. The Hall–Kier alpha value is -1.51. The van der Waals surface area contributed by atoms with Gasteiger partial charge in [-0.1, -0.05) is 6.92 Å². The SMILES string of the molecule is CCC(CO)NS(=O)(=O)c1cc(C)c(C)cc1[N+](=O)[O-]. The summed E-state index contributed by atoms with van der Waals surface area (Å²) >= 11 is 0. The molecule has 0 aliphatic rings. The molecule has 0 heterocycles. The van der Waals surface area contributed by atoms with Gasteiger partial charge in [0.25, 0.3) is 5.69 Å². The number of benzene rings is 1. The molecule has 0 radical (unpaired) electrons. The molecule has 1 rings (SSSR count). The van der Waals surface area contributed by atoms with Gasteiger partial charge >= 0.3 is 0 Å². The zero-order chi connectivity index (χ0) is 15.5. The molecule has 1 unspecified atom stereocenters. The molecule has 0 amide bonds. The van der Waals surface area contributed by atoms with E-state index in [1.165, 1.54) is 12.1 Å². The van der Waals surface area contributed by atoms with Crippen LogP contribution in [0.1, 0.15) is 24.5 Å². The molecule has 0 aliphatic heterocycles. The van der Waals surface area contributed by atoms with Gasteiger partial charge in [-0.3, -0.25) is 10.1 Å². The first-order chi connectivity index (χ1) is 9.22. The molecule has 0 aliphatic carbocycles. The summed E-state index contributed by atoms with van der Waals surface area (Å²) in [6, 6.07) is 1.85. The maximum Gasteiger partial charge on any atom is 0.289 e. The van der Waals surface area contributed by atoms with Crippen molar-refractivity contribution < 1.29 is 18.4 Å². The van der Waals surface area contributed by atoms with Gasteiger partial charge in [0.1, 0.15) is 0 Å². The average molecular weight is 302 g/mol. The van der Waals surface area contributed by atoms with Gasteiger partial charge in [0.05, 0.1) is 11.5 Å². The minimum Gasteiger partial charge on any atom is -0.395 e. The van der Waals surface area contributed by atoms with Crippen LogP contribution < -0.4 is 4.72 Å². The summed E-state index contributed by atoms with van der Waals surface area (Å²) in [5.41, 5.74) is 0.825. The van der Waals surface area contributed by atoms with Gasteiger partial charge in [-0.05, 0) is 37.5 Å². The summed E-state index contributed by atoms with van der Waals surface area (Å²) in [7, 11) is -4.05. The number of nitrogens with zero attached hydrogens (tertiary/aromatic N) is 1. The Bertz CT molecular complexity index is 609. The Morgan fingerprint density at radius 3 is 2.35 bits per heavy atom. The summed E-state index contributed by atoms with van der Waals surface area (Å²) in [6.07, 6.45) is 0.383. The highest BCUT2D eigenvalue weighted by atomic mass is 32.2. The Morgan fingerprint density at radius 2 is 1.90 bits per heavy atom. The second kappa shape index (κ2) is 6.29. The number of aliphatic hydroxyl groups is 1. The minimum absolute atomic E-state index is 0.367. The molecule has 1 atom stereocenters. The van der Waals surface area contributed by atoms with E-state index in [9.17, 15) is 18.5 Å².